The molecule has 0 atom stereocenters. The average molecular weight is 439 g/mol. The van der Waals surface area contributed by atoms with Crippen LogP contribution in [0, 0.1) is 5.82 Å². The Balaban J connectivity index is 1.38. The van der Waals surface area contributed by atoms with Crippen LogP contribution in [0.15, 0.2) is 60.2 Å². The summed E-state index contributed by atoms with van der Waals surface area (Å²) in [5.74, 6) is 0.855. The van der Waals surface area contributed by atoms with Gasteiger partial charge < -0.3 is 9.47 Å². The minimum absolute atomic E-state index is 0.282. The fraction of sp³-hybridized carbons (Fsp3) is 0.136. The Labute approximate surface area is 181 Å². The summed E-state index contributed by atoms with van der Waals surface area (Å²) in [6.45, 7) is 0.838. The lowest BCUT2D eigenvalue weighted by Crippen LogP contribution is -2.59. The van der Waals surface area contributed by atoms with Gasteiger partial charge in [0.1, 0.15) is 22.7 Å². The molecular formula is C22H20FN4O3S+. The fourth-order valence-corrected chi connectivity index (χ4v) is 3.95. The van der Waals surface area contributed by atoms with Gasteiger partial charge in [0.2, 0.25) is 5.88 Å². The first-order valence-corrected chi connectivity index (χ1v) is 10.4. The Morgan fingerprint density at radius 1 is 1.10 bits per heavy atom. The first kappa shape index (κ1) is 20.7. The smallest absolute Gasteiger partial charge is 0.416 e. The van der Waals surface area contributed by atoms with Gasteiger partial charge in [0, 0.05) is 29.1 Å². The highest BCUT2D eigenvalue weighted by atomic mass is 32.1. The van der Waals surface area contributed by atoms with Gasteiger partial charge in [-0.15, -0.1) is 11.3 Å². The van der Waals surface area contributed by atoms with Crippen molar-refractivity contribution in [1.29, 1.82) is 0 Å². The lowest BCUT2D eigenvalue weighted by atomic mass is 10.1. The Kier molecular flexibility index (Phi) is 6.34. The van der Waals surface area contributed by atoms with E-state index in [1.165, 1.54) is 29.8 Å². The fourth-order valence-electron chi connectivity index (χ4n) is 3.04. The number of thiophene rings is 1. The molecule has 0 aliphatic carbocycles. The Bertz CT molecular complexity index is 1200. The van der Waals surface area contributed by atoms with Crippen molar-refractivity contribution >= 4 is 33.3 Å². The number of halogens is 1. The van der Waals surface area contributed by atoms with Crippen LogP contribution in [0.4, 0.5) is 14.9 Å². The van der Waals surface area contributed by atoms with Gasteiger partial charge in [0.25, 0.3) is 0 Å². The number of carbonyl (C=O) groups excluding carboxylic acids is 1. The molecule has 0 radical (unpaired) electrons. The topological polar surface area (TPSA) is 101 Å². The van der Waals surface area contributed by atoms with Crippen LogP contribution in [0.1, 0.15) is 6.42 Å². The SMILES string of the molecule is [NH3+]C(=O)Nc1cccc(OCCCOc2ncnc3scc(-c4ccc(F)cc4)c23)c1. The van der Waals surface area contributed by atoms with Crippen LogP contribution < -0.4 is 20.5 Å². The minimum atomic E-state index is -0.379. The van der Waals surface area contributed by atoms with Gasteiger partial charge in [0.05, 0.1) is 18.6 Å². The maximum atomic E-state index is 13.3. The molecule has 158 valence electrons. The monoisotopic (exact) mass is 439 g/mol. The van der Waals surface area contributed by atoms with Crippen molar-refractivity contribution in [2.45, 2.75) is 6.42 Å². The number of rotatable bonds is 8. The maximum absolute atomic E-state index is 13.3. The number of aromatic nitrogens is 2. The Morgan fingerprint density at radius 3 is 2.71 bits per heavy atom. The lowest BCUT2D eigenvalue weighted by Gasteiger charge is -2.10. The summed E-state index contributed by atoms with van der Waals surface area (Å²) in [4.78, 5) is 20.5. The van der Waals surface area contributed by atoms with E-state index in [-0.39, 0.29) is 11.8 Å². The number of amides is 2. The third-order valence-electron chi connectivity index (χ3n) is 4.40. The molecule has 2 amide bonds. The van der Waals surface area contributed by atoms with E-state index in [2.05, 4.69) is 21.0 Å². The lowest BCUT2D eigenvalue weighted by molar-refractivity contribution is -0.242. The molecule has 9 heteroatoms. The van der Waals surface area contributed by atoms with Gasteiger partial charge in [-0.1, -0.05) is 18.2 Å². The summed E-state index contributed by atoms with van der Waals surface area (Å²) in [6, 6.07) is 13.0. The second-order valence-corrected chi connectivity index (χ2v) is 7.50. The average Bonchev–Trinajstić information content (AvgIpc) is 3.19. The molecule has 7 nitrogen and oxygen atoms in total. The highest BCUT2D eigenvalue weighted by molar-refractivity contribution is 7.17. The molecule has 0 fully saturated rings. The van der Waals surface area contributed by atoms with Crippen molar-refractivity contribution in [3.05, 3.63) is 66.1 Å². The standard InChI is InChI=1S/C22H19FN4O3S/c23-15-7-5-14(6-8-15)18-12-31-21-19(18)20(25-13-26-21)30-10-2-9-29-17-4-1-3-16(11-17)27-22(24)28/h1,3-8,11-13H,2,9-10H2,(H3,24,27,28)/p+1. The Morgan fingerprint density at radius 2 is 1.90 bits per heavy atom. The number of anilines is 1. The maximum Gasteiger partial charge on any atom is 0.416 e. The zero-order valence-electron chi connectivity index (χ0n) is 16.5. The Hall–Kier alpha value is -3.56. The van der Waals surface area contributed by atoms with Crippen LogP contribution in [0.3, 0.4) is 0 Å². The number of hydrogen-bond donors (Lipinski definition) is 2. The number of benzene rings is 2. The van der Waals surface area contributed by atoms with Crippen molar-refractivity contribution in [1.82, 2.24) is 9.97 Å². The third-order valence-corrected chi connectivity index (χ3v) is 5.29. The van der Waals surface area contributed by atoms with Crippen LogP contribution in [-0.4, -0.2) is 29.2 Å². The predicted octanol–water partition coefficient (Wildman–Crippen LogP) is 4.12. The normalized spacial score (nSPS) is 10.8. The quantitative estimate of drug-likeness (QED) is 0.402. The molecule has 2 aromatic carbocycles. The van der Waals surface area contributed by atoms with Gasteiger partial charge in [-0.25, -0.2) is 19.2 Å². The highest BCUT2D eigenvalue weighted by Crippen LogP contribution is 2.37. The number of ether oxygens (including phenoxy) is 2. The zero-order valence-corrected chi connectivity index (χ0v) is 17.3. The van der Waals surface area contributed by atoms with E-state index in [4.69, 9.17) is 9.47 Å². The molecule has 2 aromatic heterocycles. The van der Waals surface area contributed by atoms with Crippen LogP contribution >= 0.6 is 11.3 Å². The van der Waals surface area contributed by atoms with Crippen LogP contribution in [0.2, 0.25) is 0 Å². The van der Waals surface area contributed by atoms with Crippen molar-refractivity contribution in [2.75, 3.05) is 18.5 Å². The highest BCUT2D eigenvalue weighted by Gasteiger charge is 2.14. The first-order valence-electron chi connectivity index (χ1n) is 9.57. The summed E-state index contributed by atoms with van der Waals surface area (Å²) in [5.41, 5.74) is 5.71. The summed E-state index contributed by atoms with van der Waals surface area (Å²) in [7, 11) is 0. The van der Waals surface area contributed by atoms with Gasteiger partial charge in [-0.05, 0) is 29.8 Å². The number of hydrogen-bond acceptors (Lipinski definition) is 6. The number of quaternary nitrogens is 1. The van der Waals surface area contributed by atoms with Crippen molar-refractivity contribution in [3.8, 4) is 22.8 Å². The molecule has 4 aromatic rings. The van der Waals surface area contributed by atoms with E-state index in [0.717, 1.165) is 21.3 Å². The summed E-state index contributed by atoms with van der Waals surface area (Å²) in [5, 5.41) is 5.40. The molecule has 31 heavy (non-hydrogen) atoms. The van der Waals surface area contributed by atoms with E-state index in [1.54, 1.807) is 30.3 Å². The van der Waals surface area contributed by atoms with Crippen molar-refractivity contribution in [2.24, 2.45) is 0 Å². The van der Waals surface area contributed by atoms with Gasteiger partial charge >= 0.3 is 6.03 Å². The second kappa shape index (κ2) is 9.50. The molecule has 0 saturated heterocycles. The second-order valence-electron chi connectivity index (χ2n) is 6.64. The van der Waals surface area contributed by atoms with E-state index < -0.39 is 0 Å². The van der Waals surface area contributed by atoms with Crippen LogP contribution in [-0.2, 0) is 0 Å². The largest absolute Gasteiger partial charge is 0.493 e. The molecule has 0 unspecified atom stereocenters. The van der Waals surface area contributed by atoms with E-state index in [1.807, 2.05) is 11.4 Å². The van der Waals surface area contributed by atoms with Gasteiger partial charge in [-0.2, -0.15) is 0 Å². The summed E-state index contributed by atoms with van der Waals surface area (Å²) in [6.07, 6.45) is 2.11. The molecule has 4 N–H and O–H groups in total. The van der Waals surface area contributed by atoms with E-state index in [0.29, 0.717) is 37.0 Å². The van der Waals surface area contributed by atoms with E-state index >= 15 is 0 Å². The van der Waals surface area contributed by atoms with Crippen molar-refractivity contribution in [3.63, 3.8) is 0 Å². The molecule has 2 heterocycles. The summed E-state index contributed by atoms with van der Waals surface area (Å²) >= 11 is 1.49. The number of nitrogens with zero attached hydrogens (tertiary/aromatic N) is 2. The summed E-state index contributed by atoms with van der Waals surface area (Å²) < 4.78 is 24.9. The zero-order chi connectivity index (χ0) is 21.6. The number of carbonyl (C=O) groups is 1. The molecule has 0 aliphatic rings. The van der Waals surface area contributed by atoms with Gasteiger partial charge in [0.15, 0.2) is 0 Å². The molecule has 4 rings (SSSR count). The minimum Gasteiger partial charge on any atom is -0.493 e. The van der Waals surface area contributed by atoms with Crippen LogP contribution in [0.5, 0.6) is 11.6 Å². The first-order chi connectivity index (χ1) is 15.1. The number of fused-ring (bicyclic) bond motifs is 1. The van der Waals surface area contributed by atoms with E-state index in [9.17, 15) is 9.18 Å². The molecule has 0 spiro atoms. The number of urea groups is 1. The molecule has 0 aliphatic heterocycles. The molecule has 0 bridgehead atoms. The molecule has 0 saturated carbocycles. The number of nitrogens with one attached hydrogen (secondary N) is 1. The third kappa shape index (κ3) is 5.14. The predicted molar refractivity (Wildman–Crippen MR) is 117 cm³/mol. The van der Waals surface area contributed by atoms with Gasteiger partial charge in [-0.3, -0.25) is 11.1 Å². The van der Waals surface area contributed by atoms with Crippen LogP contribution in [0.25, 0.3) is 21.3 Å². The van der Waals surface area contributed by atoms with Crippen molar-refractivity contribution < 1.29 is 24.4 Å². The molecular weight excluding hydrogens is 419 g/mol.